The molecule has 0 unspecified atom stereocenters. The fraction of sp³-hybridized carbons (Fsp3) is 0.348. The zero-order valence-electron chi connectivity index (χ0n) is 17.6. The van der Waals surface area contributed by atoms with Gasteiger partial charge in [-0.1, -0.05) is 18.2 Å². The third-order valence-corrected chi connectivity index (χ3v) is 5.44. The van der Waals surface area contributed by atoms with Crippen LogP contribution in [0.15, 0.2) is 42.5 Å². The third-order valence-electron chi connectivity index (χ3n) is 5.44. The average Bonchev–Trinajstić information content (AvgIpc) is 2.76. The molecule has 0 atom stereocenters. The number of carbonyl (C=O) groups is 3. The molecule has 1 saturated heterocycles. The Kier molecular flexibility index (Phi) is 6.84. The van der Waals surface area contributed by atoms with Crippen molar-refractivity contribution in [1.29, 1.82) is 0 Å². The van der Waals surface area contributed by atoms with Crippen molar-refractivity contribution in [3.63, 3.8) is 0 Å². The van der Waals surface area contributed by atoms with Crippen LogP contribution in [0.1, 0.15) is 31.8 Å². The molecule has 7 nitrogen and oxygen atoms in total. The molecule has 1 aliphatic heterocycles. The lowest BCUT2D eigenvalue weighted by Crippen LogP contribution is -2.50. The molecular weight excluding hydrogens is 382 g/mol. The van der Waals surface area contributed by atoms with Crippen LogP contribution in [0.25, 0.3) is 0 Å². The smallest absolute Gasteiger partial charge is 0.337 e. The summed E-state index contributed by atoms with van der Waals surface area (Å²) in [5, 5.41) is 2.98. The molecule has 1 fully saturated rings. The van der Waals surface area contributed by atoms with Gasteiger partial charge in [0.15, 0.2) is 0 Å². The number of nitrogens with zero attached hydrogens (tertiary/aromatic N) is 2. The normalized spacial score (nSPS) is 14.3. The maximum absolute atomic E-state index is 12.8. The first-order chi connectivity index (χ1) is 14.4. The van der Waals surface area contributed by atoms with Crippen LogP contribution >= 0.6 is 0 Å². The molecule has 0 spiro atoms. The predicted molar refractivity (Wildman–Crippen MR) is 115 cm³/mol. The van der Waals surface area contributed by atoms with Gasteiger partial charge in [0.2, 0.25) is 5.91 Å². The zero-order chi connectivity index (χ0) is 21.7. The van der Waals surface area contributed by atoms with Gasteiger partial charge in [0.25, 0.3) is 5.91 Å². The fourth-order valence-corrected chi connectivity index (χ4v) is 3.47. The molecule has 2 aromatic rings. The lowest BCUT2D eigenvalue weighted by Gasteiger charge is -2.34. The SMILES string of the molecule is COC(=O)c1cccc(C(=O)N2CCN(CC(=O)Nc3cccc(C)c3C)CC2)c1. The van der Waals surface area contributed by atoms with E-state index in [9.17, 15) is 14.4 Å². The standard InChI is InChI=1S/C23H27N3O4/c1-16-6-4-9-20(17(16)2)24-21(27)15-25-10-12-26(13-11-25)22(28)18-7-5-8-19(14-18)23(29)30-3/h4-9,14H,10-13,15H2,1-3H3,(H,24,27). The molecule has 7 heteroatoms. The van der Waals surface area contributed by atoms with Crippen molar-refractivity contribution in [2.75, 3.05) is 45.2 Å². The molecule has 0 aliphatic carbocycles. The Labute approximate surface area is 176 Å². The highest BCUT2D eigenvalue weighted by Crippen LogP contribution is 2.18. The third kappa shape index (κ3) is 5.04. The summed E-state index contributed by atoms with van der Waals surface area (Å²) in [6, 6.07) is 12.4. The van der Waals surface area contributed by atoms with Crippen LogP contribution in [0.5, 0.6) is 0 Å². The molecule has 2 aromatic carbocycles. The number of carbonyl (C=O) groups excluding carboxylic acids is 3. The van der Waals surface area contributed by atoms with Gasteiger partial charge in [-0.2, -0.15) is 0 Å². The van der Waals surface area contributed by atoms with Gasteiger partial charge in [0.1, 0.15) is 0 Å². The Morgan fingerprint density at radius 2 is 1.63 bits per heavy atom. The summed E-state index contributed by atoms with van der Waals surface area (Å²) in [4.78, 5) is 40.7. The molecule has 1 heterocycles. The van der Waals surface area contributed by atoms with E-state index in [-0.39, 0.29) is 18.4 Å². The molecule has 1 N–H and O–H groups in total. The number of ether oxygens (including phenoxy) is 1. The van der Waals surface area contributed by atoms with Gasteiger partial charge in [-0.25, -0.2) is 4.79 Å². The van der Waals surface area contributed by atoms with E-state index in [0.717, 1.165) is 16.8 Å². The van der Waals surface area contributed by atoms with Crippen molar-refractivity contribution in [2.45, 2.75) is 13.8 Å². The summed E-state index contributed by atoms with van der Waals surface area (Å²) >= 11 is 0. The van der Waals surface area contributed by atoms with Crippen molar-refractivity contribution in [1.82, 2.24) is 9.80 Å². The van der Waals surface area contributed by atoms with Crippen molar-refractivity contribution < 1.29 is 19.1 Å². The van der Waals surface area contributed by atoms with Crippen LogP contribution in [0.3, 0.4) is 0 Å². The van der Waals surface area contributed by atoms with Crippen molar-refractivity contribution >= 4 is 23.5 Å². The number of piperazine rings is 1. The second-order valence-corrected chi connectivity index (χ2v) is 7.44. The van der Waals surface area contributed by atoms with E-state index in [2.05, 4.69) is 5.32 Å². The van der Waals surface area contributed by atoms with Crippen LogP contribution < -0.4 is 5.32 Å². The van der Waals surface area contributed by atoms with E-state index < -0.39 is 5.97 Å². The predicted octanol–water partition coefficient (Wildman–Crippen LogP) is 2.49. The number of nitrogens with one attached hydrogen (secondary N) is 1. The molecule has 0 bridgehead atoms. The Hall–Kier alpha value is -3.19. The molecule has 1 aliphatic rings. The van der Waals surface area contributed by atoms with Crippen molar-refractivity contribution in [3.8, 4) is 0 Å². The summed E-state index contributed by atoms with van der Waals surface area (Å²) in [7, 11) is 1.31. The number of methoxy groups -OCH3 is 1. The summed E-state index contributed by atoms with van der Waals surface area (Å²) in [5.41, 5.74) is 3.84. The van der Waals surface area contributed by atoms with Gasteiger partial charge in [-0.15, -0.1) is 0 Å². The minimum Gasteiger partial charge on any atom is -0.465 e. The largest absolute Gasteiger partial charge is 0.465 e. The molecule has 158 valence electrons. The first kappa shape index (κ1) is 21.5. The average molecular weight is 409 g/mol. The number of rotatable bonds is 5. The molecule has 0 aromatic heterocycles. The van der Waals surface area contributed by atoms with Crippen LogP contribution in [0.4, 0.5) is 5.69 Å². The maximum Gasteiger partial charge on any atom is 0.337 e. The number of hydrogen-bond acceptors (Lipinski definition) is 5. The molecule has 3 rings (SSSR count). The van der Waals surface area contributed by atoms with E-state index in [1.807, 2.05) is 36.9 Å². The minimum absolute atomic E-state index is 0.0609. The van der Waals surface area contributed by atoms with Crippen molar-refractivity contribution in [2.24, 2.45) is 0 Å². The molecule has 30 heavy (non-hydrogen) atoms. The van der Waals surface area contributed by atoms with Crippen LogP contribution in [0, 0.1) is 13.8 Å². The highest BCUT2D eigenvalue weighted by Gasteiger charge is 2.24. The lowest BCUT2D eigenvalue weighted by molar-refractivity contribution is -0.117. The quantitative estimate of drug-likeness (QED) is 0.768. The van der Waals surface area contributed by atoms with Gasteiger partial charge in [-0.05, 0) is 49.2 Å². The van der Waals surface area contributed by atoms with Gasteiger partial charge in [-0.3, -0.25) is 14.5 Å². The van der Waals surface area contributed by atoms with Gasteiger partial charge in [0.05, 0.1) is 19.2 Å². The highest BCUT2D eigenvalue weighted by atomic mass is 16.5. The Bertz CT molecular complexity index is 949. The van der Waals surface area contributed by atoms with Gasteiger partial charge >= 0.3 is 5.97 Å². The summed E-state index contributed by atoms with van der Waals surface area (Å²) in [5.74, 6) is -0.654. The van der Waals surface area contributed by atoms with Crippen LogP contribution in [-0.2, 0) is 9.53 Å². The molecule has 0 saturated carbocycles. The maximum atomic E-state index is 12.8. The fourth-order valence-electron chi connectivity index (χ4n) is 3.47. The Morgan fingerprint density at radius 1 is 0.967 bits per heavy atom. The van der Waals surface area contributed by atoms with E-state index >= 15 is 0 Å². The number of aryl methyl sites for hydroxylation is 1. The van der Waals surface area contributed by atoms with Crippen LogP contribution in [-0.4, -0.2) is 67.4 Å². The number of anilines is 1. The van der Waals surface area contributed by atoms with Gasteiger partial charge < -0.3 is 15.0 Å². The topological polar surface area (TPSA) is 79.0 Å². The monoisotopic (exact) mass is 409 g/mol. The van der Waals surface area contributed by atoms with Crippen molar-refractivity contribution in [3.05, 3.63) is 64.7 Å². The van der Waals surface area contributed by atoms with E-state index in [0.29, 0.717) is 37.3 Å². The minimum atomic E-state index is -0.468. The lowest BCUT2D eigenvalue weighted by atomic mass is 10.1. The summed E-state index contributed by atoms with van der Waals surface area (Å²) in [6.07, 6.45) is 0. The molecule has 0 radical (unpaired) electrons. The molecular formula is C23H27N3O4. The van der Waals surface area contributed by atoms with E-state index in [4.69, 9.17) is 4.74 Å². The number of esters is 1. The van der Waals surface area contributed by atoms with E-state index in [1.54, 1.807) is 29.2 Å². The summed E-state index contributed by atoms with van der Waals surface area (Å²) < 4.78 is 4.72. The Morgan fingerprint density at radius 3 is 2.33 bits per heavy atom. The van der Waals surface area contributed by atoms with Crippen LogP contribution in [0.2, 0.25) is 0 Å². The molecule has 2 amide bonds. The number of benzene rings is 2. The zero-order valence-corrected chi connectivity index (χ0v) is 17.6. The summed E-state index contributed by atoms with van der Waals surface area (Å²) in [6.45, 7) is 6.57. The Balaban J connectivity index is 1.53. The number of amides is 2. The van der Waals surface area contributed by atoms with Gasteiger partial charge in [0, 0.05) is 37.4 Å². The number of hydrogen-bond donors (Lipinski definition) is 1. The first-order valence-corrected chi connectivity index (χ1v) is 9.95. The second kappa shape index (κ2) is 9.54. The van der Waals surface area contributed by atoms with E-state index in [1.165, 1.54) is 7.11 Å². The highest BCUT2D eigenvalue weighted by molar-refractivity contribution is 5.98. The second-order valence-electron chi connectivity index (χ2n) is 7.44. The first-order valence-electron chi connectivity index (χ1n) is 9.95.